The van der Waals surface area contributed by atoms with Crippen molar-refractivity contribution < 1.29 is 14.1 Å². The van der Waals surface area contributed by atoms with Gasteiger partial charge < -0.3 is 10.5 Å². The summed E-state index contributed by atoms with van der Waals surface area (Å²) in [5.74, 6) is -1.78. The van der Waals surface area contributed by atoms with Gasteiger partial charge in [-0.2, -0.15) is 5.26 Å². The molecule has 0 fully saturated rings. The van der Waals surface area contributed by atoms with E-state index in [1.807, 2.05) is 0 Å². The van der Waals surface area contributed by atoms with Gasteiger partial charge in [0.05, 0.1) is 5.92 Å². The van der Waals surface area contributed by atoms with Crippen molar-refractivity contribution in [2.45, 2.75) is 5.92 Å². The highest BCUT2D eigenvalue weighted by atomic mass is 19.1. The fourth-order valence-electron chi connectivity index (χ4n) is 1.90. The minimum Gasteiger partial charge on any atom is -0.440 e. The van der Waals surface area contributed by atoms with Crippen molar-refractivity contribution in [3.8, 4) is 11.8 Å². The lowest BCUT2D eigenvalue weighted by Crippen LogP contribution is -2.25. The van der Waals surface area contributed by atoms with E-state index in [9.17, 15) is 14.5 Å². The molecule has 1 aliphatic heterocycles. The molecular weight excluding hydrogens is 241 g/mol. The minimum absolute atomic E-state index is 0.0000463. The summed E-state index contributed by atoms with van der Waals surface area (Å²) < 4.78 is 18.8. The Kier molecular flexibility index (Phi) is 2.85. The molecule has 92 valence electrons. The van der Waals surface area contributed by atoms with Gasteiger partial charge in [0.1, 0.15) is 23.2 Å². The number of benzene rings is 1. The monoisotopic (exact) mass is 249 g/mol. The molecule has 2 rings (SSSR count). The fourth-order valence-corrected chi connectivity index (χ4v) is 1.90. The zero-order chi connectivity index (χ0) is 13.3. The quantitative estimate of drug-likeness (QED) is 0.628. The Bertz CT molecular complexity index is 592. The van der Waals surface area contributed by atoms with Crippen LogP contribution in [-0.2, 0) is 0 Å². The maximum absolute atomic E-state index is 13.7. The van der Waals surface area contributed by atoms with Crippen LogP contribution in [0.5, 0.6) is 5.75 Å². The van der Waals surface area contributed by atoms with Crippen LogP contribution in [0.1, 0.15) is 11.5 Å². The third kappa shape index (κ3) is 1.84. The standard InChI is InChI=1S/C11H8FN3O3/c12-8-2-1-3-9-10(8)7(5-15(16)17)6(4-13)11(14)18-9/h1-3,7H,5,14H2. The van der Waals surface area contributed by atoms with E-state index >= 15 is 0 Å². The van der Waals surface area contributed by atoms with Crippen LogP contribution >= 0.6 is 0 Å². The fraction of sp³-hybridized carbons (Fsp3) is 0.182. The van der Waals surface area contributed by atoms with Crippen molar-refractivity contribution in [1.29, 1.82) is 5.26 Å². The molecule has 0 spiro atoms. The smallest absolute Gasteiger partial charge is 0.215 e. The van der Waals surface area contributed by atoms with Crippen LogP contribution in [0, 0.1) is 27.3 Å². The SMILES string of the molecule is N#CC1=C(N)Oc2cccc(F)c2C1C[N+](=O)[O-]. The molecule has 0 bridgehead atoms. The largest absolute Gasteiger partial charge is 0.440 e. The van der Waals surface area contributed by atoms with Crippen LogP contribution < -0.4 is 10.5 Å². The Morgan fingerprint density at radius 2 is 2.33 bits per heavy atom. The maximum Gasteiger partial charge on any atom is 0.215 e. The lowest BCUT2D eigenvalue weighted by molar-refractivity contribution is -0.482. The predicted molar refractivity (Wildman–Crippen MR) is 58.5 cm³/mol. The molecule has 1 aromatic carbocycles. The van der Waals surface area contributed by atoms with E-state index in [0.717, 1.165) is 6.07 Å². The number of hydrogen-bond acceptors (Lipinski definition) is 5. The van der Waals surface area contributed by atoms with Gasteiger partial charge in [-0.15, -0.1) is 0 Å². The molecule has 0 saturated carbocycles. The van der Waals surface area contributed by atoms with E-state index in [4.69, 9.17) is 15.7 Å². The van der Waals surface area contributed by atoms with Gasteiger partial charge in [-0.1, -0.05) is 6.07 Å². The second kappa shape index (κ2) is 4.33. The number of hydrogen-bond donors (Lipinski definition) is 1. The van der Waals surface area contributed by atoms with Crippen molar-refractivity contribution in [3.63, 3.8) is 0 Å². The van der Waals surface area contributed by atoms with E-state index < -0.39 is 23.2 Å². The van der Waals surface area contributed by atoms with Gasteiger partial charge >= 0.3 is 0 Å². The number of fused-ring (bicyclic) bond motifs is 1. The zero-order valence-electron chi connectivity index (χ0n) is 9.09. The molecule has 1 aliphatic rings. The molecule has 1 unspecified atom stereocenters. The average Bonchev–Trinajstić information content (AvgIpc) is 2.28. The van der Waals surface area contributed by atoms with Crippen LogP contribution in [0.2, 0.25) is 0 Å². The summed E-state index contributed by atoms with van der Waals surface area (Å²) in [4.78, 5) is 10.0. The van der Waals surface area contributed by atoms with Crippen LogP contribution in [0.25, 0.3) is 0 Å². The molecule has 1 atom stereocenters. The van der Waals surface area contributed by atoms with E-state index in [1.54, 1.807) is 6.07 Å². The molecule has 0 aromatic heterocycles. The topological polar surface area (TPSA) is 102 Å². The Balaban J connectivity index is 2.59. The van der Waals surface area contributed by atoms with Crippen molar-refractivity contribution in [1.82, 2.24) is 0 Å². The first-order valence-corrected chi connectivity index (χ1v) is 5.02. The number of rotatable bonds is 2. The number of nitrogens with two attached hydrogens (primary N) is 1. The highest BCUT2D eigenvalue weighted by Gasteiger charge is 2.35. The van der Waals surface area contributed by atoms with Crippen LogP contribution in [0.15, 0.2) is 29.7 Å². The van der Waals surface area contributed by atoms with E-state index in [0.29, 0.717) is 0 Å². The molecule has 0 aliphatic carbocycles. The highest BCUT2D eigenvalue weighted by Crippen LogP contribution is 2.39. The lowest BCUT2D eigenvalue weighted by Gasteiger charge is -2.23. The first-order chi connectivity index (χ1) is 8.54. The summed E-state index contributed by atoms with van der Waals surface area (Å²) in [6.45, 7) is -0.610. The molecule has 1 heterocycles. The summed E-state index contributed by atoms with van der Waals surface area (Å²) in [5.41, 5.74) is 5.39. The summed E-state index contributed by atoms with van der Waals surface area (Å²) in [6.07, 6.45) is 0. The van der Waals surface area contributed by atoms with Crippen molar-refractivity contribution in [2.24, 2.45) is 5.73 Å². The third-order valence-corrected chi connectivity index (χ3v) is 2.65. The first kappa shape index (κ1) is 11.9. The molecule has 6 nitrogen and oxygen atoms in total. The molecule has 0 amide bonds. The summed E-state index contributed by atoms with van der Waals surface area (Å²) in [6, 6.07) is 5.75. The Morgan fingerprint density at radius 3 is 2.94 bits per heavy atom. The van der Waals surface area contributed by atoms with Crippen molar-refractivity contribution in [2.75, 3.05) is 6.54 Å². The Morgan fingerprint density at radius 1 is 1.61 bits per heavy atom. The molecule has 7 heteroatoms. The number of halogens is 1. The van der Waals surface area contributed by atoms with Crippen molar-refractivity contribution >= 4 is 0 Å². The van der Waals surface area contributed by atoms with E-state index in [-0.39, 0.29) is 22.8 Å². The Hall–Kier alpha value is -2.62. The Labute approximate surface area is 101 Å². The van der Waals surface area contributed by atoms with Gasteiger partial charge in [-0.3, -0.25) is 10.1 Å². The number of nitriles is 1. The number of nitrogens with zero attached hydrogens (tertiary/aromatic N) is 2. The van der Waals surface area contributed by atoms with Gasteiger partial charge in [-0.05, 0) is 12.1 Å². The predicted octanol–water partition coefficient (Wildman–Crippen LogP) is 1.27. The number of ether oxygens (including phenoxy) is 1. The molecule has 1 aromatic rings. The molecular formula is C11H8FN3O3. The zero-order valence-corrected chi connectivity index (χ0v) is 9.09. The van der Waals surface area contributed by atoms with E-state index in [2.05, 4.69) is 0 Å². The van der Waals surface area contributed by atoms with Gasteiger partial charge in [-0.25, -0.2) is 4.39 Å². The average molecular weight is 249 g/mol. The van der Waals surface area contributed by atoms with Gasteiger partial charge in [0.2, 0.25) is 12.4 Å². The van der Waals surface area contributed by atoms with Gasteiger partial charge in [0, 0.05) is 10.5 Å². The molecule has 2 N–H and O–H groups in total. The van der Waals surface area contributed by atoms with Crippen LogP contribution in [0.3, 0.4) is 0 Å². The van der Waals surface area contributed by atoms with Crippen molar-refractivity contribution in [3.05, 3.63) is 51.2 Å². The third-order valence-electron chi connectivity index (χ3n) is 2.65. The first-order valence-electron chi connectivity index (χ1n) is 5.02. The second-order valence-electron chi connectivity index (χ2n) is 3.71. The second-order valence-corrected chi connectivity index (χ2v) is 3.71. The lowest BCUT2D eigenvalue weighted by atomic mass is 9.89. The van der Waals surface area contributed by atoms with Crippen LogP contribution in [0.4, 0.5) is 4.39 Å². The summed E-state index contributed by atoms with van der Waals surface area (Å²) in [7, 11) is 0. The molecule has 0 radical (unpaired) electrons. The van der Waals surface area contributed by atoms with Gasteiger partial charge in [0.25, 0.3) is 0 Å². The molecule has 18 heavy (non-hydrogen) atoms. The summed E-state index contributed by atoms with van der Waals surface area (Å²) in [5, 5.41) is 19.6. The van der Waals surface area contributed by atoms with Gasteiger partial charge in [0.15, 0.2) is 0 Å². The number of nitro groups is 1. The molecule has 0 saturated heterocycles. The summed E-state index contributed by atoms with van der Waals surface area (Å²) >= 11 is 0. The normalized spacial score (nSPS) is 17.7. The van der Waals surface area contributed by atoms with E-state index in [1.165, 1.54) is 12.1 Å². The highest BCUT2D eigenvalue weighted by molar-refractivity contribution is 5.50. The van der Waals surface area contributed by atoms with Crippen LogP contribution in [-0.4, -0.2) is 11.5 Å². The minimum atomic E-state index is -1.02. The maximum atomic E-state index is 13.7.